The number of nitrogens with zero attached hydrogens (tertiary/aromatic N) is 1. The molecule has 66 valence electrons. The first-order chi connectivity index (χ1) is 6.40. The summed E-state index contributed by atoms with van der Waals surface area (Å²) in [6, 6.07) is 4.15. The summed E-state index contributed by atoms with van der Waals surface area (Å²) < 4.78 is 0. The van der Waals surface area contributed by atoms with Crippen molar-refractivity contribution in [2.75, 3.05) is 11.9 Å². The van der Waals surface area contributed by atoms with E-state index >= 15 is 0 Å². The van der Waals surface area contributed by atoms with Gasteiger partial charge in [-0.3, -0.25) is 0 Å². The monoisotopic (exact) mass is 172 g/mol. The van der Waals surface area contributed by atoms with Crippen LogP contribution in [0.3, 0.4) is 0 Å². The second-order valence-electron chi connectivity index (χ2n) is 3.21. The van der Waals surface area contributed by atoms with E-state index in [2.05, 4.69) is 22.3 Å². The molecule has 2 rings (SSSR count). The second-order valence-corrected chi connectivity index (χ2v) is 3.21. The number of terminal acetylenes is 1. The predicted molar refractivity (Wildman–Crippen MR) is 53.6 cm³/mol. The fraction of sp³-hybridized carbons (Fsp3) is 0.364. The molecule has 1 aromatic rings. The molecule has 0 unspecified atom stereocenters. The molecule has 1 heterocycles. The molecule has 0 fully saturated rings. The molecule has 0 radical (unpaired) electrons. The van der Waals surface area contributed by atoms with Gasteiger partial charge in [0.25, 0.3) is 0 Å². The van der Waals surface area contributed by atoms with Crippen molar-refractivity contribution in [1.29, 1.82) is 0 Å². The van der Waals surface area contributed by atoms with Gasteiger partial charge in [-0.2, -0.15) is 0 Å². The van der Waals surface area contributed by atoms with E-state index in [9.17, 15) is 0 Å². The van der Waals surface area contributed by atoms with Crippen LogP contribution in [0.5, 0.6) is 0 Å². The van der Waals surface area contributed by atoms with Gasteiger partial charge in [0.15, 0.2) is 0 Å². The van der Waals surface area contributed by atoms with Gasteiger partial charge in [-0.15, -0.1) is 6.42 Å². The van der Waals surface area contributed by atoms with Crippen molar-refractivity contribution in [2.45, 2.75) is 19.3 Å². The maximum atomic E-state index is 5.15. The standard InChI is InChI=1S/C11H12N2/c1-2-8-12-11-7-6-9-4-3-5-10(9)13-11/h1,6-7H,3-5,8H2,(H,12,13). The molecule has 1 aliphatic carbocycles. The zero-order chi connectivity index (χ0) is 9.10. The van der Waals surface area contributed by atoms with Gasteiger partial charge < -0.3 is 5.32 Å². The third-order valence-electron chi connectivity index (χ3n) is 2.30. The van der Waals surface area contributed by atoms with Crippen molar-refractivity contribution >= 4 is 5.82 Å². The molecular formula is C11H12N2. The Kier molecular flexibility index (Phi) is 2.18. The van der Waals surface area contributed by atoms with Crippen molar-refractivity contribution in [3.05, 3.63) is 23.4 Å². The molecule has 2 nitrogen and oxygen atoms in total. The summed E-state index contributed by atoms with van der Waals surface area (Å²) in [6.07, 6.45) is 8.68. The molecule has 0 atom stereocenters. The number of hydrogen-bond acceptors (Lipinski definition) is 2. The number of rotatable bonds is 2. The van der Waals surface area contributed by atoms with Gasteiger partial charge in [0.1, 0.15) is 5.82 Å². The lowest BCUT2D eigenvalue weighted by Crippen LogP contribution is -2.02. The molecule has 2 heteroatoms. The molecule has 1 N–H and O–H groups in total. The molecule has 13 heavy (non-hydrogen) atoms. The van der Waals surface area contributed by atoms with E-state index in [1.807, 2.05) is 6.07 Å². The fourth-order valence-electron chi connectivity index (χ4n) is 1.66. The third kappa shape index (κ3) is 1.65. The normalized spacial score (nSPS) is 13.5. The highest BCUT2D eigenvalue weighted by Gasteiger charge is 2.11. The van der Waals surface area contributed by atoms with Crippen LogP contribution in [0.15, 0.2) is 12.1 Å². The van der Waals surface area contributed by atoms with Crippen LogP contribution in [0.4, 0.5) is 5.82 Å². The minimum Gasteiger partial charge on any atom is -0.359 e. The average Bonchev–Trinajstić information content (AvgIpc) is 2.61. The zero-order valence-electron chi connectivity index (χ0n) is 7.51. The lowest BCUT2D eigenvalue weighted by molar-refractivity contribution is 0.899. The Labute approximate surface area is 78.4 Å². The molecule has 0 aromatic carbocycles. The van der Waals surface area contributed by atoms with E-state index in [4.69, 9.17) is 6.42 Å². The Balaban J connectivity index is 2.17. The molecule has 0 amide bonds. The highest BCUT2D eigenvalue weighted by Crippen LogP contribution is 2.21. The van der Waals surface area contributed by atoms with E-state index in [-0.39, 0.29) is 0 Å². The predicted octanol–water partition coefficient (Wildman–Crippen LogP) is 1.62. The van der Waals surface area contributed by atoms with Crippen molar-refractivity contribution in [3.63, 3.8) is 0 Å². The number of hydrogen-bond donors (Lipinski definition) is 1. The van der Waals surface area contributed by atoms with E-state index in [0.717, 1.165) is 12.2 Å². The highest BCUT2D eigenvalue weighted by atomic mass is 15.0. The zero-order valence-corrected chi connectivity index (χ0v) is 7.51. The second kappa shape index (κ2) is 3.49. The first-order valence-electron chi connectivity index (χ1n) is 4.56. The van der Waals surface area contributed by atoms with Gasteiger partial charge in [-0.1, -0.05) is 12.0 Å². The maximum absolute atomic E-state index is 5.15. The Hall–Kier alpha value is -1.49. The van der Waals surface area contributed by atoms with E-state index < -0.39 is 0 Å². The number of aryl methyl sites for hydroxylation is 2. The largest absolute Gasteiger partial charge is 0.359 e. The van der Waals surface area contributed by atoms with Crippen LogP contribution in [0.2, 0.25) is 0 Å². The first-order valence-corrected chi connectivity index (χ1v) is 4.56. The minimum absolute atomic E-state index is 0.547. The fourth-order valence-corrected chi connectivity index (χ4v) is 1.66. The first kappa shape index (κ1) is 8.12. The van der Waals surface area contributed by atoms with Crippen molar-refractivity contribution in [2.24, 2.45) is 0 Å². The Morgan fingerprint density at radius 2 is 2.38 bits per heavy atom. The molecular weight excluding hydrogens is 160 g/mol. The van der Waals surface area contributed by atoms with Crippen molar-refractivity contribution in [1.82, 2.24) is 4.98 Å². The van der Waals surface area contributed by atoms with Crippen LogP contribution >= 0.6 is 0 Å². The Morgan fingerprint density at radius 1 is 1.46 bits per heavy atom. The summed E-state index contributed by atoms with van der Waals surface area (Å²) in [5.41, 5.74) is 2.63. The summed E-state index contributed by atoms with van der Waals surface area (Å²) in [4.78, 5) is 4.48. The smallest absolute Gasteiger partial charge is 0.126 e. The number of fused-ring (bicyclic) bond motifs is 1. The quantitative estimate of drug-likeness (QED) is 0.686. The summed E-state index contributed by atoms with van der Waals surface area (Å²) in [6.45, 7) is 0.547. The van der Waals surface area contributed by atoms with Crippen LogP contribution < -0.4 is 5.32 Å². The topological polar surface area (TPSA) is 24.9 Å². The SMILES string of the molecule is C#CCNc1ccc2c(n1)CCC2. The molecule has 0 bridgehead atoms. The molecule has 0 aliphatic heterocycles. The summed E-state index contributed by atoms with van der Waals surface area (Å²) >= 11 is 0. The average molecular weight is 172 g/mol. The molecule has 1 aromatic heterocycles. The van der Waals surface area contributed by atoms with Crippen molar-refractivity contribution < 1.29 is 0 Å². The number of nitrogens with one attached hydrogen (secondary N) is 1. The minimum atomic E-state index is 0.547. The highest BCUT2D eigenvalue weighted by molar-refractivity contribution is 5.41. The van der Waals surface area contributed by atoms with Crippen molar-refractivity contribution in [3.8, 4) is 12.3 Å². The van der Waals surface area contributed by atoms with Gasteiger partial charge in [0.2, 0.25) is 0 Å². The third-order valence-corrected chi connectivity index (χ3v) is 2.30. The van der Waals surface area contributed by atoms with Gasteiger partial charge >= 0.3 is 0 Å². The van der Waals surface area contributed by atoms with E-state index in [0.29, 0.717) is 6.54 Å². The van der Waals surface area contributed by atoms with Crippen LogP contribution in [0, 0.1) is 12.3 Å². The summed E-state index contributed by atoms with van der Waals surface area (Å²) in [5, 5.41) is 3.08. The number of aromatic nitrogens is 1. The summed E-state index contributed by atoms with van der Waals surface area (Å²) in [5.74, 6) is 3.43. The van der Waals surface area contributed by atoms with Crippen LogP contribution in [-0.2, 0) is 12.8 Å². The van der Waals surface area contributed by atoms with Crippen LogP contribution in [0.1, 0.15) is 17.7 Å². The van der Waals surface area contributed by atoms with Gasteiger partial charge in [0, 0.05) is 5.69 Å². The lowest BCUT2D eigenvalue weighted by atomic mass is 10.2. The molecule has 0 saturated heterocycles. The van der Waals surface area contributed by atoms with E-state index in [1.54, 1.807) is 0 Å². The Bertz CT molecular complexity index is 350. The maximum Gasteiger partial charge on any atom is 0.126 e. The lowest BCUT2D eigenvalue weighted by Gasteiger charge is -2.03. The van der Waals surface area contributed by atoms with Gasteiger partial charge in [-0.05, 0) is 30.9 Å². The molecule has 0 spiro atoms. The summed E-state index contributed by atoms with van der Waals surface area (Å²) in [7, 11) is 0. The number of pyridine rings is 1. The molecule has 1 aliphatic rings. The van der Waals surface area contributed by atoms with Gasteiger partial charge in [-0.25, -0.2) is 4.98 Å². The number of anilines is 1. The van der Waals surface area contributed by atoms with Gasteiger partial charge in [0.05, 0.1) is 6.54 Å². The van der Waals surface area contributed by atoms with Crippen LogP contribution in [-0.4, -0.2) is 11.5 Å². The van der Waals surface area contributed by atoms with E-state index in [1.165, 1.54) is 24.1 Å². The Morgan fingerprint density at radius 3 is 3.23 bits per heavy atom. The molecule has 0 saturated carbocycles. The van der Waals surface area contributed by atoms with Crippen LogP contribution in [0.25, 0.3) is 0 Å².